The van der Waals surface area contributed by atoms with E-state index in [0.717, 1.165) is 135 Å². The zero-order valence-corrected chi connectivity index (χ0v) is 77.2. The molecule has 620 valence electrons. The minimum Gasteiger partial charge on any atom is -0.337 e. The fourth-order valence-corrected chi connectivity index (χ4v) is 25.7. The van der Waals surface area contributed by atoms with E-state index in [1.807, 2.05) is 34.8 Å². The van der Waals surface area contributed by atoms with Crippen LogP contribution < -0.4 is 0 Å². The largest absolute Gasteiger partial charge is 0.337 e. The van der Waals surface area contributed by atoms with Crippen molar-refractivity contribution in [3.8, 4) is 12.1 Å². The predicted octanol–water partition coefficient (Wildman–Crippen LogP) is 34.8. The van der Waals surface area contributed by atoms with Crippen molar-refractivity contribution in [2.75, 3.05) is 0 Å². The Bertz CT molecular complexity index is 5130. The maximum Gasteiger partial charge on any atom is 0.270 e. The van der Waals surface area contributed by atoms with Gasteiger partial charge in [0.2, 0.25) is 0 Å². The van der Waals surface area contributed by atoms with E-state index in [1.54, 1.807) is 46.9 Å². The highest BCUT2D eigenvalue weighted by Crippen LogP contribution is 2.57. The Morgan fingerprint density at radius 2 is 0.692 bits per heavy atom. The number of fused-ring (bicyclic) bond motifs is 16. The van der Waals surface area contributed by atoms with E-state index in [-0.39, 0.29) is 43.1 Å². The number of hydrogen-bond donors (Lipinski definition) is 0. The van der Waals surface area contributed by atoms with Crippen LogP contribution in [0.15, 0.2) is 46.8 Å². The number of aromatic nitrogens is 4. The summed E-state index contributed by atoms with van der Waals surface area (Å²) in [6.07, 6.45) is 55.7. The maximum absolute atomic E-state index is 15.2. The molecule has 10 nitrogen and oxygen atoms in total. The number of unbranched alkanes of at least 4 members (excludes halogenated alkanes) is 32. The van der Waals surface area contributed by atoms with Gasteiger partial charge in [0, 0.05) is 67.0 Å². The van der Waals surface area contributed by atoms with Gasteiger partial charge < -0.3 is 9.13 Å². The molecule has 7 aromatic heterocycles. The summed E-state index contributed by atoms with van der Waals surface area (Å²) in [5, 5.41) is 24.8. The number of hydrogen-bond acceptors (Lipinski definition) is 11. The number of rotatable bonds is 50. The molecule has 2 aliphatic rings. The van der Waals surface area contributed by atoms with Gasteiger partial charge in [-0.2, -0.15) is 8.75 Å². The normalized spacial score (nSPS) is 15.1. The molecule has 0 N–H and O–H groups in total. The molecule has 0 amide bonds. The lowest BCUT2D eigenvalue weighted by atomic mass is 9.93. The van der Waals surface area contributed by atoms with Gasteiger partial charge in [-0.05, 0) is 122 Å². The predicted molar refractivity (Wildman–Crippen MR) is 508 cm³/mol. The molecular formula is C98H118Cl4N8O2S5. The Hall–Kier alpha value is -6.18. The number of nitriles is 2. The van der Waals surface area contributed by atoms with Gasteiger partial charge in [-0.15, -0.1) is 45.3 Å². The monoisotopic (exact) mass is 1740 g/mol. The standard InChI is InChI=1S/C98H118Cl4N8O2S5/c1-9-15-21-27-31-33-35-39-45-51-65-79(57-71-81(77(59-103)105-7)67-53-73(99)75(101)55-69(67)91(71)111)113-97-89-95(115-93(65)97)83-85-86(108-117-107-85)84-88(87(83)109(89)61-63(47-41-25-19-13-5)49-43-37-29-23-17-11-3)110(62-64(48-42-26-20-14-6)50-44-38-30-24-18-12-4)90-96(84)116-94-66(52-46-40-36-34-32-28-22-16-10-2)80(114-98(90)94)58-72-82(78(60-104)106-8)68-54-74(100)76(102)56-70(68)92(72)112/h53-58,63-64H,9-52,61-62H2,1-6H3/b71-57-,72-58-,81-77+,82-78?. The summed E-state index contributed by atoms with van der Waals surface area (Å²) in [5.41, 5.74) is 11.7. The fourth-order valence-electron chi connectivity index (χ4n) is 18.6. The van der Waals surface area contributed by atoms with Gasteiger partial charge in [-0.3, -0.25) is 9.59 Å². The lowest BCUT2D eigenvalue weighted by Crippen LogP contribution is -2.14. The van der Waals surface area contributed by atoms with Crippen LogP contribution in [0.1, 0.15) is 364 Å². The van der Waals surface area contributed by atoms with E-state index in [0.29, 0.717) is 56.4 Å². The number of carbonyl (C=O) groups is 2. The Kier molecular flexibility index (Phi) is 34.3. The minimum absolute atomic E-state index is 0.155. The van der Waals surface area contributed by atoms with Crippen LogP contribution in [0, 0.1) is 47.6 Å². The van der Waals surface area contributed by atoms with E-state index in [1.165, 1.54) is 266 Å². The quantitative estimate of drug-likeness (QED) is 0.0162. The second-order valence-electron chi connectivity index (χ2n) is 33.4. The first-order valence-electron chi connectivity index (χ1n) is 44.8. The van der Waals surface area contributed by atoms with Crippen LogP contribution in [0.5, 0.6) is 0 Å². The van der Waals surface area contributed by atoms with Crippen molar-refractivity contribution in [3.63, 3.8) is 0 Å². The highest BCUT2D eigenvalue weighted by Gasteiger charge is 2.38. The first-order valence-corrected chi connectivity index (χ1v) is 50.3. The Labute approximate surface area is 736 Å². The molecule has 117 heavy (non-hydrogen) atoms. The van der Waals surface area contributed by atoms with E-state index in [9.17, 15) is 10.5 Å². The Balaban J connectivity index is 1.17. The highest BCUT2D eigenvalue weighted by atomic mass is 35.5. The molecule has 0 saturated carbocycles. The molecule has 7 heterocycles. The molecule has 0 saturated heterocycles. The molecule has 19 heteroatoms. The zero-order chi connectivity index (χ0) is 82.5. The third-order valence-corrected chi connectivity index (χ3v) is 32.0. The zero-order valence-electron chi connectivity index (χ0n) is 70.1. The number of Topliss-reactive ketones (excluding diaryl/α,β-unsaturated/α-hetero) is 2. The number of aryl methyl sites for hydroxylation is 2. The van der Waals surface area contributed by atoms with Crippen LogP contribution in [0.25, 0.3) is 105 Å². The summed E-state index contributed by atoms with van der Waals surface area (Å²) in [6.45, 7) is 32.1. The minimum atomic E-state index is -0.273. The third-order valence-electron chi connectivity index (χ3n) is 24.9. The van der Waals surface area contributed by atoms with Crippen LogP contribution in [-0.4, -0.2) is 29.4 Å². The van der Waals surface area contributed by atoms with Crippen molar-refractivity contribution < 1.29 is 9.59 Å². The molecule has 0 bridgehead atoms. The van der Waals surface area contributed by atoms with Crippen molar-refractivity contribution in [2.45, 2.75) is 337 Å². The van der Waals surface area contributed by atoms with Crippen molar-refractivity contribution >= 4 is 210 Å². The number of carbonyl (C=O) groups excluding carboxylic acids is 2. The van der Waals surface area contributed by atoms with Crippen molar-refractivity contribution in [1.29, 1.82) is 10.5 Å². The number of nitrogens with zero attached hydrogens (tertiary/aromatic N) is 8. The number of allylic oxidation sites excluding steroid dienone is 6. The van der Waals surface area contributed by atoms with E-state index in [4.69, 9.17) is 68.3 Å². The van der Waals surface area contributed by atoms with Gasteiger partial charge in [0.15, 0.2) is 11.6 Å². The highest BCUT2D eigenvalue weighted by molar-refractivity contribution is 7.35. The van der Waals surface area contributed by atoms with Gasteiger partial charge in [-0.1, -0.05) is 319 Å². The van der Waals surface area contributed by atoms with Gasteiger partial charge in [0.1, 0.15) is 11.0 Å². The fraction of sp³-hybridized carbons (Fsp3) is 0.551. The van der Waals surface area contributed by atoms with E-state index >= 15 is 9.59 Å². The van der Waals surface area contributed by atoms with Crippen LogP contribution in [0.3, 0.4) is 0 Å². The van der Waals surface area contributed by atoms with Crippen molar-refractivity contribution in [3.05, 3.63) is 133 Å². The van der Waals surface area contributed by atoms with Gasteiger partial charge in [0.25, 0.3) is 11.4 Å². The molecule has 0 fully saturated rings. The molecule has 0 radical (unpaired) electrons. The lowest BCUT2D eigenvalue weighted by molar-refractivity contribution is 0.103. The van der Waals surface area contributed by atoms with Gasteiger partial charge in [0.05, 0.1) is 107 Å². The molecule has 2 aliphatic carbocycles. The summed E-state index contributed by atoms with van der Waals surface area (Å²) in [7, 11) is 0. The molecule has 2 atom stereocenters. The van der Waals surface area contributed by atoms with Crippen LogP contribution in [0.2, 0.25) is 20.1 Å². The molecule has 0 aliphatic heterocycles. The maximum atomic E-state index is 15.2. The summed E-state index contributed by atoms with van der Waals surface area (Å²) in [6, 6.07) is 10.9. The van der Waals surface area contributed by atoms with Crippen LogP contribution >= 0.6 is 103 Å². The topological polar surface area (TPSA) is 126 Å². The van der Waals surface area contributed by atoms with Crippen molar-refractivity contribution in [1.82, 2.24) is 17.9 Å². The Morgan fingerprint density at radius 1 is 0.402 bits per heavy atom. The summed E-state index contributed by atoms with van der Waals surface area (Å²) < 4.78 is 24.0. The van der Waals surface area contributed by atoms with E-state index < -0.39 is 0 Å². The molecule has 10 aromatic rings. The molecule has 12 rings (SSSR count). The SMILES string of the molecule is [C-]#[N+]C(C#N)=C1/C(=C/c2sc3c(sc4c5c6nsnc6c6c7sc8c(CCCCCCCCCCC)c(/C=C9\C(=O)c%10cc(Cl)c(Cl)cc%10\C9=C(\C#N)[N+]#[C-])sc8c7n(CC(CCCCCC)CCCCCCCC)c6c5n(CC(CCCCCC)CCCCCCCC)c34)c2CCCCCCCCCCC)C(=O)c2cc(Cl)c(Cl)cc21. The molecule has 0 spiro atoms. The van der Waals surface area contributed by atoms with E-state index in [2.05, 4.69) is 72.5 Å². The second kappa shape index (κ2) is 44.6. The summed E-state index contributed by atoms with van der Waals surface area (Å²) in [5.74, 6) is 0.193. The Morgan fingerprint density at radius 3 is 1.00 bits per heavy atom. The third kappa shape index (κ3) is 20.5. The number of ketones is 2. The first kappa shape index (κ1) is 90.1. The van der Waals surface area contributed by atoms with Gasteiger partial charge in [-0.25, -0.2) is 20.2 Å². The van der Waals surface area contributed by atoms with Crippen LogP contribution in [-0.2, 0) is 25.9 Å². The summed E-state index contributed by atoms with van der Waals surface area (Å²) >= 11 is 35.6. The molecular weight excluding hydrogens is 1620 g/mol. The average Bonchev–Trinajstić information content (AvgIpc) is 1.50. The number of thiophene rings is 4. The molecule has 2 unspecified atom stereocenters. The average molecular weight is 1740 g/mol. The van der Waals surface area contributed by atoms with Crippen LogP contribution in [0.4, 0.5) is 0 Å². The van der Waals surface area contributed by atoms with Crippen molar-refractivity contribution in [2.24, 2.45) is 11.8 Å². The summed E-state index contributed by atoms with van der Waals surface area (Å²) in [4.78, 5) is 40.0. The first-order chi connectivity index (χ1) is 57.2. The van der Waals surface area contributed by atoms with Gasteiger partial charge >= 0.3 is 0 Å². The number of halogens is 4. The number of benzene rings is 3. The lowest BCUT2D eigenvalue weighted by Gasteiger charge is -2.22. The molecule has 3 aromatic carbocycles. The smallest absolute Gasteiger partial charge is 0.270 e. The second-order valence-corrected chi connectivity index (χ2v) is 39.7.